The number of nitrogens with one attached hydrogen (secondary N) is 1. The predicted octanol–water partition coefficient (Wildman–Crippen LogP) is 1.90. The van der Waals surface area contributed by atoms with Crippen LogP contribution in [0.5, 0.6) is 0 Å². The van der Waals surface area contributed by atoms with E-state index in [-0.39, 0.29) is 0 Å². The summed E-state index contributed by atoms with van der Waals surface area (Å²) in [6, 6.07) is 4.37. The minimum Gasteiger partial charge on any atom is -0.366 e. The van der Waals surface area contributed by atoms with Crippen LogP contribution in [0.25, 0.3) is 5.65 Å². The molecule has 2 unspecified atom stereocenters. The van der Waals surface area contributed by atoms with Crippen molar-refractivity contribution in [1.29, 1.82) is 0 Å². The minimum atomic E-state index is 0.533. The first-order valence-electron chi connectivity index (χ1n) is 6.69. The van der Waals surface area contributed by atoms with Gasteiger partial charge >= 0.3 is 0 Å². The van der Waals surface area contributed by atoms with E-state index in [0.29, 0.717) is 11.7 Å². The number of fused-ring (bicyclic) bond motifs is 1. The molecule has 1 N–H and O–H groups in total. The van der Waals surface area contributed by atoms with Gasteiger partial charge in [-0.15, -0.1) is 14.8 Å². The van der Waals surface area contributed by atoms with Gasteiger partial charge < -0.3 is 5.32 Å². The van der Waals surface area contributed by atoms with Crippen LogP contribution in [0.1, 0.15) is 39.0 Å². The molecule has 2 atom stereocenters. The van der Waals surface area contributed by atoms with Crippen molar-refractivity contribution in [1.82, 2.24) is 25.3 Å². The highest BCUT2D eigenvalue weighted by Crippen LogP contribution is 2.28. The zero-order chi connectivity index (χ0) is 12.4. The third-order valence-corrected chi connectivity index (χ3v) is 3.84. The molecule has 1 aliphatic rings. The van der Waals surface area contributed by atoms with Crippen LogP contribution in [0, 0.1) is 5.92 Å². The lowest BCUT2D eigenvalue weighted by atomic mass is 9.83. The van der Waals surface area contributed by atoms with Crippen LogP contribution >= 0.6 is 0 Å². The van der Waals surface area contributed by atoms with E-state index in [4.69, 9.17) is 0 Å². The van der Waals surface area contributed by atoms with Crippen molar-refractivity contribution in [2.45, 2.75) is 45.1 Å². The SMILES string of the molecule is CCC1CCCCC1Nc1ccc2nnnn2n1. The number of anilines is 1. The Hall–Kier alpha value is -1.72. The van der Waals surface area contributed by atoms with Crippen LogP contribution in [-0.4, -0.2) is 31.3 Å². The molecule has 2 aromatic rings. The van der Waals surface area contributed by atoms with Crippen molar-refractivity contribution in [2.24, 2.45) is 5.92 Å². The molecule has 1 fully saturated rings. The van der Waals surface area contributed by atoms with Crippen LogP contribution in [0.3, 0.4) is 0 Å². The first-order chi connectivity index (χ1) is 8.86. The second kappa shape index (κ2) is 4.88. The third-order valence-electron chi connectivity index (χ3n) is 3.84. The largest absolute Gasteiger partial charge is 0.366 e. The Morgan fingerprint density at radius 1 is 1.33 bits per heavy atom. The molecule has 0 saturated heterocycles. The topological polar surface area (TPSA) is 68.0 Å². The molecule has 0 bridgehead atoms. The number of nitrogens with zero attached hydrogens (tertiary/aromatic N) is 5. The fourth-order valence-electron chi connectivity index (χ4n) is 2.80. The Bertz CT molecular complexity index is 522. The molecular weight excluding hydrogens is 228 g/mol. The van der Waals surface area contributed by atoms with Crippen molar-refractivity contribution in [2.75, 3.05) is 5.32 Å². The van der Waals surface area contributed by atoms with E-state index in [9.17, 15) is 0 Å². The summed E-state index contributed by atoms with van der Waals surface area (Å²) in [6.07, 6.45) is 6.44. The van der Waals surface area contributed by atoms with Gasteiger partial charge in [-0.1, -0.05) is 26.2 Å². The molecule has 2 heterocycles. The molecule has 0 amide bonds. The van der Waals surface area contributed by atoms with Crippen LogP contribution in [0.2, 0.25) is 0 Å². The number of tetrazole rings is 1. The standard InChI is InChI=1S/C12H18N6/c1-2-9-5-3-4-6-10(9)13-11-7-8-12-14-16-17-18(12)15-11/h7-10H,2-6H2,1H3,(H,13,15). The Kier molecular flexibility index (Phi) is 3.08. The molecule has 2 aromatic heterocycles. The van der Waals surface area contributed by atoms with E-state index in [2.05, 4.69) is 32.9 Å². The van der Waals surface area contributed by atoms with Gasteiger partial charge in [-0.25, -0.2) is 0 Å². The fraction of sp³-hybridized carbons (Fsp3) is 0.667. The maximum absolute atomic E-state index is 4.37. The smallest absolute Gasteiger partial charge is 0.200 e. The normalized spacial score (nSPS) is 24.3. The molecule has 1 saturated carbocycles. The molecule has 3 rings (SSSR count). The second-order valence-electron chi connectivity index (χ2n) is 4.95. The summed E-state index contributed by atoms with van der Waals surface area (Å²) in [4.78, 5) is 0. The number of hydrogen-bond acceptors (Lipinski definition) is 5. The molecule has 1 aliphatic carbocycles. The summed E-state index contributed by atoms with van der Waals surface area (Å²) in [7, 11) is 0. The van der Waals surface area contributed by atoms with Gasteiger partial charge in [0.05, 0.1) is 0 Å². The van der Waals surface area contributed by atoms with Gasteiger partial charge in [-0.05, 0) is 41.3 Å². The van der Waals surface area contributed by atoms with Crippen LogP contribution in [0.15, 0.2) is 12.1 Å². The average Bonchev–Trinajstić information content (AvgIpc) is 2.87. The highest BCUT2D eigenvalue weighted by molar-refractivity contribution is 5.42. The lowest BCUT2D eigenvalue weighted by molar-refractivity contribution is 0.316. The van der Waals surface area contributed by atoms with Gasteiger partial charge in [-0.3, -0.25) is 0 Å². The molecule has 18 heavy (non-hydrogen) atoms. The molecule has 0 spiro atoms. The molecular formula is C12H18N6. The zero-order valence-electron chi connectivity index (χ0n) is 10.6. The van der Waals surface area contributed by atoms with Gasteiger partial charge in [0, 0.05) is 6.04 Å². The Morgan fingerprint density at radius 2 is 2.22 bits per heavy atom. The molecule has 0 radical (unpaired) electrons. The first kappa shape index (κ1) is 11.4. The molecule has 6 nitrogen and oxygen atoms in total. The van der Waals surface area contributed by atoms with Gasteiger partial charge in [-0.2, -0.15) is 0 Å². The van der Waals surface area contributed by atoms with E-state index >= 15 is 0 Å². The number of aromatic nitrogens is 5. The van der Waals surface area contributed by atoms with Crippen molar-refractivity contribution in [3.8, 4) is 0 Å². The van der Waals surface area contributed by atoms with Gasteiger partial charge in [0.2, 0.25) is 0 Å². The van der Waals surface area contributed by atoms with Crippen molar-refractivity contribution >= 4 is 11.5 Å². The van der Waals surface area contributed by atoms with E-state index in [1.54, 1.807) is 0 Å². The van der Waals surface area contributed by atoms with Crippen molar-refractivity contribution in [3.05, 3.63) is 12.1 Å². The quantitative estimate of drug-likeness (QED) is 0.895. The average molecular weight is 246 g/mol. The van der Waals surface area contributed by atoms with Crippen molar-refractivity contribution < 1.29 is 0 Å². The number of rotatable bonds is 3. The van der Waals surface area contributed by atoms with Crippen LogP contribution in [-0.2, 0) is 0 Å². The highest BCUT2D eigenvalue weighted by Gasteiger charge is 2.23. The van der Waals surface area contributed by atoms with E-state index in [0.717, 1.165) is 11.7 Å². The summed E-state index contributed by atoms with van der Waals surface area (Å²) in [5, 5.41) is 19.2. The lowest BCUT2D eigenvalue weighted by Gasteiger charge is -2.31. The maximum Gasteiger partial charge on any atom is 0.200 e. The highest BCUT2D eigenvalue weighted by atomic mass is 15.6. The van der Waals surface area contributed by atoms with Crippen LogP contribution < -0.4 is 5.32 Å². The Balaban J connectivity index is 1.77. The Labute approximate surface area is 106 Å². The molecule has 96 valence electrons. The minimum absolute atomic E-state index is 0.533. The summed E-state index contributed by atoms with van der Waals surface area (Å²) >= 11 is 0. The van der Waals surface area contributed by atoms with Crippen molar-refractivity contribution in [3.63, 3.8) is 0 Å². The monoisotopic (exact) mass is 246 g/mol. The van der Waals surface area contributed by atoms with Gasteiger partial charge in [0.25, 0.3) is 0 Å². The third kappa shape index (κ3) is 2.14. The summed E-state index contributed by atoms with van der Waals surface area (Å²) in [6.45, 7) is 2.27. The van der Waals surface area contributed by atoms with E-state index < -0.39 is 0 Å². The maximum atomic E-state index is 4.37. The van der Waals surface area contributed by atoms with Crippen LogP contribution in [0.4, 0.5) is 5.82 Å². The first-order valence-corrected chi connectivity index (χ1v) is 6.69. The lowest BCUT2D eigenvalue weighted by Crippen LogP contribution is -2.32. The van der Waals surface area contributed by atoms with E-state index in [1.807, 2.05) is 12.1 Å². The molecule has 0 aliphatic heterocycles. The summed E-state index contributed by atoms with van der Waals surface area (Å²) in [5.74, 6) is 1.62. The van der Waals surface area contributed by atoms with E-state index in [1.165, 1.54) is 36.7 Å². The summed E-state index contributed by atoms with van der Waals surface area (Å²) < 4.78 is 1.46. The fourth-order valence-corrected chi connectivity index (χ4v) is 2.80. The zero-order valence-corrected chi connectivity index (χ0v) is 10.6. The second-order valence-corrected chi connectivity index (χ2v) is 4.95. The van der Waals surface area contributed by atoms with Gasteiger partial charge in [0.15, 0.2) is 5.65 Å². The molecule has 0 aromatic carbocycles. The predicted molar refractivity (Wildman–Crippen MR) is 68.2 cm³/mol. The number of hydrogen-bond donors (Lipinski definition) is 1. The van der Waals surface area contributed by atoms with Gasteiger partial charge in [0.1, 0.15) is 5.82 Å². The summed E-state index contributed by atoms with van der Waals surface area (Å²) in [5.41, 5.74) is 0.677. The molecule has 6 heteroatoms. The Morgan fingerprint density at radius 3 is 3.11 bits per heavy atom.